The van der Waals surface area contributed by atoms with Crippen LogP contribution >= 0.6 is 11.3 Å². The lowest BCUT2D eigenvalue weighted by Crippen LogP contribution is -2.28. The van der Waals surface area contributed by atoms with Gasteiger partial charge in [0.25, 0.3) is 0 Å². The maximum absolute atomic E-state index is 12.6. The second-order valence-corrected chi connectivity index (χ2v) is 5.12. The monoisotopic (exact) mass is 294 g/mol. The molecular formula is C10H9F3N2O3S. The molecule has 0 spiro atoms. The van der Waals surface area contributed by atoms with E-state index in [9.17, 15) is 22.8 Å². The Labute approximate surface area is 109 Å². The fourth-order valence-corrected chi connectivity index (χ4v) is 2.42. The number of anilines is 1. The molecule has 1 heterocycles. The molecule has 1 fully saturated rings. The number of amides is 1. The van der Waals surface area contributed by atoms with Crippen molar-refractivity contribution in [3.63, 3.8) is 0 Å². The molecule has 0 aromatic carbocycles. The Hall–Kier alpha value is -1.64. The Kier molecular flexibility index (Phi) is 3.48. The molecule has 5 nitrogen and oxygen atoms in total. The number of carbonyl (C=O) groups excluding carboxylic acids is 1. The van der Waals surface area contributed by atoms with Crippen molar-refractivity contribution in [2.45, 2.75) is 25.4 Å². The average Bonchev–Trinajstić information content (AvgIpc) is 2.57. The highest BCUT2D eigenvalue weighted by Gasteiger charge is 2.40. The van der Waals surface area contributed by atoms with Gasteiger partial charge < -0.3 is 10.4 Å². The summed E-state index contributed by atoms with van der Waals surface area (Å²) >= 11 is 0.312. The summed E-state index contributed by atoms with van der Waals surface area (Å²) < 4.78 is 37.7. The number of hydrogen-bond donors (Lipinski definition) is 2. The summed E-state index contributed by atoms with van der Waals surface area (Å²) in [5.74, 6) is -2.34. The van der Waals surface area contributed by atoms with E-state index in [0.717, 1.165) is 6.42 Å². The largest absolute Gasteiger partial charge is 0.477 e. The number of aromatic nitrogens is 1. The van der Waals surface area contributed by atoms with Crippen molar-refractivity contribution in [1.82, 2.24) is 4.98 Å². The molecule has 1 aliphatic rings. The number of alkyl halides is 3. The molecule has 1 amide bonds. The quantitative estimate of drug-likeness (QED) is 0.898. The van der Waals surface area contributed by atoms with E-state index in [1.807, 2.05) is 0 Å². The van der Waals surface area contributed by atoms with Gasteiger partial charge in [0, 0.05) is 5.92 Å². The fourth-order valence-electron chi connectivity index (χ4n) is 1.59. The third-order valence-electron chi connectivity index (χ3n) is 2.80. The molecule has 0 saturated heterocycles. The van der Waals surface area contributed by atoms with Gasteiger partial charge in [0.2, 0.25) is 5.91 Å². The number of thiazole rings is 1. The van der Waals surface area contributed by atoms with Gasteiger partial charge in [-0.05, 0) is 12.8 Å². The van der Waals surface area contributed by atoms with Crippen molar-refractivity contribution in [2.24, 2.45) is 5.92 Å². The summed E-state index contributed by atoms with van der Waals surface area (Å²) in [5, 5.41) is 10.6. The summed E-state index contributed by atoms with van der Waals surface area (Å²) in [5.41, 5.74) is -1.48. The SMILES string of the molecule is O=C(O)c1sc(NC(=O)C2CCC2)nc1C(F)(F)F. The van der Waals surface area contributed by atoms with Gasteiger partial charge in [-0.2, -0.15) is 13.2 Å². The van der Waals surface area contributed by atoms with Crippen LogP contribution in [0.25, 0.3) is 0 Å². The molecule has 9 heteroatoms. The number of nitrogens with zero attached hydrogens (tertiary/aromatic N) is 1. The van der Waals surface area contributed by atoms with Crippen LogP contribution < -0.4 is 5.32 Å². The van der Waals surface area contributed by atoms with Gasteiger partial charge in [-0.25, -0.2) is 9.78 Å². The van der Waals surface area contributed by atoms with Crippen molar-refractivity contribution < 1.29 is 27.9 Å². The van der Waals surface area contributed by atoms with Gasteiger partial charge in [-0.1, -0.05) is 17.8 Å². The van der Waals surface area contributed by atoms with Crippen LogP contribution in [0.1, 0.15) is 34.6 Å². The standard InChI is InChI=1S/C10H9F3N2O3S/c11-10(12,13)6-5(8(17)18)19-9(14-6)15-7(16)4-2-1-3-4/h4H,1-3H2,(H,17,18)(H,14,15,16). The maximum Gasteiger partial charge on any atom is 0.435 e. The zero-order valence-corrected chi connectivity index (χ0v) is 10.3. The molecule has 0 radical (unpaired) electrons. The number of nitrogens with one attached hydrogen (secondary N) is 1. The van der Waals surface area contributed by atoms with Crippen LogP contribution in [-0.2, 0) is 11.0 Å². The highest BCUT2D eigenvalue weighted by atomic mass is 32.1. The minimum atomic E-state index is -4.86. The maximum atomic E-state index is 12.6. The first-order valence-corrected chi connectivity index (χ1v) is 6.23. The number of hydrogen-bond acceptors (Lipinski definition) is 4. The molecule has 2 rings (SSSR count). The van der Waals surface area contributed by atoms with Crippen LogP contribution in [0.15, 0.2) is 0 Å². The second kappa shape index (κ2) is 4.80. The second-order valence-electron chi connectivity index (χ2n) is 4.12. The van der Waals surface area contributed by atoms with Crippen LogP contribution in [0.3, 0.4) is 0 Å². The van der Waals surface area contributed by atoms with Crippen molar-refractivity contribution in [3.8, 4) is 0 Å². The van der Waals surface area contributed by atoms with Gasteiger partial charge in [0.15, 0.2) is 10.8 Å². The Balaban J connectivity index is 2.22. The lowest BCUT2D eigenvalue weighted by Gasteiger charge is -2.23. The summed E-state index contributed by atoms with van der Waals surface area (Å²) in [6.45, 7) is 0. The van der Waals surface area contributed by atoms with Crippen molar-refractivity contribution in [3.05, 3.63) is 10.6 Å². The van der Waals surface area contributed by atoms with Gasteiger partial charge in [0.1, 0.15) is 4.88 Å². The van der Waals surface area contributed by atoms with Gasteiger partial charge in [-0.15, -0.1) is 0 Å². The van der Waals surface area contributed by atoms with E-state index < -0.39 is 28.6 Å². The Bertz CT molecular complexity index is 523. The van der Waals surface area contributed by atoms with Crippen molar-refractivity contribution >= 4 is 28.3 Å². The highest BCUT2D eigenvalue weighted by molar-refractivity contribution is 7.17. The molecule has 0 unspecified atom stereocenters. The van der Waals surface area contributed by atoms with E-state index in [2.05, 4.69) is 10.3 Å². The zero-order chi connectivity index (χ0) is 14.2. The first-order valence-electron chi connectivity index (χ1n) is 5.41. The molecular weight excluding hydrogens is 285 g/mol. The topological polar surface area (TPSA) is 79.3 Å². The summed E-state index contributed by atoms with van der Waals surface area (Å²) in [6, 6.07) is 0. The lowest BCUT2D eigenvalue weighted by atomic mass is 9.85. The number of aromatic carboxylic acids is 1. The molecule has 1 aliphatic carbocycles. The van der Waals surface area contributed by atoms with Crippen LogP contribution in [-0.4, -0.2) is 22.0 Å². The Morgan fingerprint density at radius 2 is 2.00 bits per heavy atom. The van der Waals surface area contributed by atoms with Crippen LogP contribution in [0.4, 0.5) is 18.3 Å². The smallest absolute Gasteiger partial charge is 0.435 e. The van der Waals surface area contributed by atoms with Crippen molar-refractivity contribution in [1.29, 1.82) is 0 Å². The van der Waals surface area contributed by atoms with E-state index in [-0.39, 0.29) is 11.0 Å². The highest BCUT2D eigenvalue weighted by Crippen LogP contribution is 2.36. The molecule has 1 saturated carbocycles. The summed E-state index contributed by atoms with van der Waals surface area (Å²) in [6.07, 6.45) is -2.57. The van der Waals surface area contributed by atoms with E-state index in [1.165, 1.54) is 0 Å². The molecule has 1 aromatic rings. The fraction of sp³-hybridized carbons (Fsp3) is 0.500. The van der Waals surface area contributed by atoms with E-state index in [4.69, 9.17) is 5.11 Å². The molecule has 1 aromatic heterocycles. The molecule has 2 N–H and O–H groups in total. The number of rotatable bonds is 3. The lowest BCUT2D eigenvalue weighted by molar-refractivity contribution is -0.141. The Morgan fingerprint density at radius 1 is 1.37 bits per heavy atom. The number of carboxylic acid groups (broad SMARTS) is 1. The minimum Gasteiger partial charge on any atom is -0.477 e. The van der Waals surface area contributed by atoms with Crippen molar-refractivity contribution in [2.75, 3.05) is 5.32 Å². The zero-order valence-electron chi connectivity index (χ0n) is 9.45. The number of carbonyl (C=O) groups is 2. The molecule has 0 aliphatic heterocycles. The predicted molar refractivity (Wildman–Crippen MR) is 60.0 cm³/mol. The van der Waals surface area contributed by atoms with Crippen LogP contribution in [0.5, 0.6) is 0 Å². The first kappa shape index (κ1) is 13.8. The van der Waals surface area contributed by atoms with Gasteiger partial charge >= 0.3 is 12.1 Å². The number of halogens is 3. The first-order chi connectivity index (χ1) is 8.79. The molecule has 104 valence electrons. The average molecular weight is 294 g/mol. The molecule has 19 heavy (non-hydrogen) atoms. The normalized spacial score (nSPS) is 15.9. The Morgan fingerprint density at radius 3 is 2.37 bits per heavy atom. The summed E-state index contributed by atoms with van der Waals surface area (Å²) in [4.78, 5) is 24.5. The van der Waals surface area contributed by atoms with Gasteiger partial charge in [-0.3, -0.25) is 4.79 Å². The molecule has 0 bridgehead atoms. The third kappa shape index (κ3) is 2.86. The molecule has 0 atom stereocenters. The minimum absolute atomic E-state index is 0.216. The third-order valence-corrected chi connectivity index (χ3v) is 3.75. The van der Waals surface area contributed by atoms with Gasteiger partial charge in [0.05, 0.1) is 0 Å². The van der Waals surface area contributed by atoms with E-state index in [0.29, 0.717) is 24.2 Å². The van der Waals surface area contributed by atoms with Crippen LogP contribution in [0, 0.1) is 5.92 Å². The van der Waals surface area contributed by atoms with E-state index >= 15 is 0 Å². The summed E-state index contributed by atoms with van der Waals surface area (Å²) in [7, 11) is 0. The van der Waals surface area contributed by atoms with E-state index in [1.54, 1.807) is 0 Å². The number of carboxylic acids is 1. The predicted octanol–water partition coefficient (Wildman–Crippen LogP) is 2.60. The van der Waals surface area contributed by atoms with Crippen LogP contribution in [0.2, 0.25) is 0 Å².